The van der Waals surface area contributed by atoms with Crippen LogP contribution in [0.2, 0.25) is 0 Å². The summed E-state index contributed by atoms with van der Waals surface area (Å²) in [7, 11) is 0. The second kappa shape index (κ2) is 8.66. The topological polar surface area (TPSA) is 102 Å². The van der Waals surface area contributed by atoms with Crippen LogP contribution in [-0.4, -0.2) is 28.2 Å². The van der Waals surface area contributed by atoms with Gasteiger partial charge in [0, 0.05) is 11.9 Å². The minimum absolute atomic E-state index is 0.0489. The summed E-state index contributed by atoms with van der Waals surface area (Å²) in [6, 6.07) is 20.0. The van der Waals surface area contributed by atoms with E-state index in [4.69, 9.17) is 4.74 Å². The molecule has 0 saturated heterocycles. The highest BCUT2D eigenvalue weighted by Crippen LogP contribution is 2.20. The van der Waals surface area contributed by atoms with Crippen LogP contribution in [0.15, 0.2) is 71.5 Å². The number of carbonyl (C=O) groups is 2. The van der Waals surface area contributed by atoms with Crippen LogP contribution in [0.25, 0.3) is 21.5 Å². The summed E-state index contributed by atoms with van der Waals surface area (Å²) >= 11 is 0. The number of amides is 2. The standard InChI is InChI=1S/C23H20N4O4/c1-2-27-23(30)19-10-6-5-9-18(19)21(26-27)22(29)25-24-20(28)14-31-17-12-11-15-7-3-4-8-16(15)13-17/h3-13H,2,14H2,1H3,(H,24,28)(H,25,29). The average Bonchev–Trinajstić information content (AvgIpc) is 2.81. The Morgan fingerprint density at radius 1 is 0.935 bits per heavy atom. The number of hydrogen-bond donors (Lipinski definition) is 2. The zero-order valence-electron chi connectivity index (χ0n) is 16.8. The molecule has 8 heteroatoms. The fourth-order valence-corrected chi connectivity index (χ4v) is 3.25. The van der Waals surface area contributed by atoms with Crippen molar-refractivity contribution in [2.75, 3.05) is 6.61 Å². The summed E-state index contributed by atoms with van der Waals surface area (Å²) in [5.41, 5.74) is 4.42. The van der Waals surface area contributed by atoms with Crippen molar-refractivity contribution >= 4 is 33.4 Å². The molecule has 0 aliphatic carbocycles. The van der Waals surface area contributed by atoms with Gasteiger partial charge in [-0.15, -0.1) is 0 Å². The first kappa shape index (κ1) is 20.1. The van der Waals surface area contributed by atoms with Crippen LogP contribution in [0.5, 0.6) is 5.75 Å². The fourth-order valence-electron chi connectivity index (χ4n) is 3.25. The number of benzene rings is 3. The quantitative estimate of drug-likeness (QED) is 0.487. The van der Waals surface area contributed by atoms with Crippen molar-refractivity contribution in [1.82, 2.24) is 20.6 Å². The number of ether oxygens (including phenoxy) is 1. The van der Waals surface area contributed by atoms with Crippen LogP contribution in [0.1, 0.15) is 17.4 Å². The molecule has 0 fully saturated rings. The molecule has 31 heavy (non-hydrogen) atoms. The van der Waals surface area contributed by atoms with E-state index in [1.54, 1.807) is 37.3 Å². The first-order chi connectivity index (χ1) is 15.1. The van der Waals surface area contributed by atoms with Crippen molar-refractivity contribution in [1.29, 1.82) is 0 Å². The molecule has 8 nitrogen and oxygen atoms in total. The van der Waals surface area contributed by atoms with Crippen LogP contribution in [-0.2, 0) is 11.3 Å². The number of hydrogen-bond acceptors (Lipinski definition) is 5. The largest absolute Gasteiger partial charge is 0.484 e. The van der Waals surface area contributed by atoms with Crippen LogP contribution >= 0.6 is 0 Å². The van der Waals surface area contributed by atoms with Gasteiger partial charge in [-0.05, 0) is 35.9 Å². The maximum Gasteiger partial charge on any atom is 0.290 e. The lowest BCUT2D eigenvalue weighted by molar-refractivity contribution is -0.123. The van der Waals surface area contributed by atoms with Gasteiger partial charge in [0.2, 0.25) is 0 Å². The minimum Gasteiger partial charge on any atom is -0.484 e. The molecule has 4 aromatic rings. The average molecular weight is 416 g/mol. The maximum absolute atomic E-state index is 12.6. The molecule has 156 valence electrons. The van der Waals surface area contributed by atoms with Gasteiger partial charge in [-0.25, -0.2) is 4.68 Å². The van der Waals surface area contributed by atoms with E-state index >= 15 is 0 Å². The molecule has 0 aliphatic heterocycles. The molecule has 1 heterocycles. The molecule has 0 spiro atoms. The summed E-state index contributed by atoms with van der Waals surface area (Å²) in [5, 5.41) is 6.99. The molecule has 2 amide bonds. The predicted molar refractivity (Wildman–Crippen MR) is 117 cm³/mol. The van der Waals surface area contributed by atoms with Crippen LogP contribution in [0, 0.1) is 0 Å². The van der Waals surface area contributed by atoms with Gasteiger partial charge in [-0.1, -0.05) is 48.5 Å². The van der Waals surface area contributed by atoms with Gasteiger partial charge in [-0.2, -0.15) is 5.10 Å². The molecule has 0 saturated carbocycles. The predicted octanol–water partition coefficient (Wildman–Crippen LogP) is 2.41. The van der Waals surface area contributed by atoms with E-state index in [-0.39, 0.29) is 17.9 Å². The third kappa shape index (κ3) is 4.23. The van der Waals surface area contributed by atoms with Crippen molar-refractivity contribution in [3.8, 4) is 5.75 Å². The van der Waals surface area contributed by atoms with Gasteiger partial charge in [0.1, 0.15) is 5.75 Å². The van der Waals surface area contributed by atoms with Gasteiger partial charge in [-0.3, -0.25) is 25.2 Å². The number of fused-ring (bicyclic) bond motifs is 2. The van der Waals surface area contributed by atoms with E-state index in [1.807, 2.05) is 36.4 Å². The molecule has 4 rings (SSSR count). The number of hydrazine groups is 1. The van der Waals surface area contributed by atoms with E-state index in [0.717, 1.165) is 10.8 Å². The molecule has 0 aliphatic rings. The molecule has 0 atom stereocenters. The number of nitrogens with zero attached hydrogens (tertiary/aromatic N) is 2. The lowest BCUT2D eigenvalue weighted by Crippen LogP contribution is -2.44. The molecule has 0 bridgehead atoms. The van der Waals surface area contributed by atoms with Crippen molar-refractivity contribution in [3.63, 3.8) is 0 Å². The summed E-state index contributed by atoms with van der Waals surface area (Å²) in [6.45, 7) is 1.80. The molecule has 3 aromatic carbocycles. The normalized spacial score (nSPS) is 10.7. The second-order valence-electron chi connectivity index (χ2n) is 6.82. The van der Waals surface area contributed by atoms with Gasteiger partial charge in [0.05, 0.1) is 5.39 Å². The Morgan fingerprint density at radius 3 is 2.42 bits per heavy atom. The smallest absolute Gasteiger partial charge is 0.290 e. The first-order valence-corrected chi connectivity index (χ1v) is 9.77. The zero-order chi connectivity index (χ0) is 21.8. The van der Waals surface area contributed by atoms with E-state index in [9.17, 15) is 14.4 Å². The van der Waals surface area contributed by atoms with E-state index in [2.05, 4.69) is 16.0 Å². The molecular formula is C23H20N4O4. The lowest BCUT2D eigenvalue weighted by atomic mass is 10.1. The molecule has 2 N–H and O–H groups in total. The van der Waals surface area contributed by atoms with Crippen LogP contribution < -0.4 is 21.1 Å². The summed E-state index contributed by atoms with van der Waals surface area (Å²) in [4.78, 5) is 37.1. The number of aryl methyl sites for hydroxylation is 1. The Kier molecular flexibility index (Phi) is 5.61. The first-order valence-electron chi connectivity index (χ1n) is 9.77. The Bertz CT molecular complexity index is 1350. The third-order valence-corrected chi connectivity index (χ3v) is 4.79. The number of nitrogens with one attached hydrogen (secondary N) is 2. The second-order valence-corrected chi connectivity index (χ2v) is 6.82. The van der Waals surface area contributed by atoms with Gasteiger partial charge in [0.25, 0.3) is 17.4 Å². The summed E-state index contributed by atoms with van der Waals surface area (Å²) < 4.78 is 6.72. The van der Waals surface area contributed by atoms with E-state index in [1.165, 1.54) is 4.68 Å². The number of aromatic nitrogens is 2. The fraction of sp³-hybridized carbons (Fsp3) is 0.130. The Balaban J connectivity index is 1.42. The van der Waals surface area contributed by atoms with E-state index < -0.39 is 11.8 Å². The highest BCUT2D eigenvalue weighted by atomic mass is 16.5. The highest BCUT2D eigenvalue weighted by molar-refractivity contribution is 6.05. The van der Waals surface area contributed by atoms with Gasteiger partial charge >= 0.3 is 0 Å². The van der Waals surface area contributed by atoms with Crippen molar-refractivity contribution in [3.05, 3.63) is 82.8 Å². The number of rotatable bonds is 5. The zero-order valence-corrected chi connectivity index (χ0v) is 16.8. The monoisotopic (exact) mass is 416 g/mol. The van der Waals surface area contributed by atoms with E-state index in [0.29, 0.717) is 23.1 Å². The SMILES string of the molecule is CCn1nc(C(=O)NNC(=O)COc2ccc3ccccc3c2)c2ccccc2c1=O. The third-order valence-electron chi connectivity index (χ3n) is 4.79. The highest BCUT2D eigenvalue weighted by Gasteiger charge is 2.17. The van der Waals surface area contributed by atoms with Gasteiger partial charge < -0.3 is 4.74 Å². The maximum atomic E-state index is 12.6. The van der Waals surface area contributed by atoms with Crippen molar-refractivity contribution in [2.24, 2.45) is 0 Å². The molecule has 0 radical (unpaired) electrons. The Morgan fingerprint density at radius 2 is 1.65 bits per heavy atom. The molecule has 0 unspecified atom stereocenters. The van der Waals surface area contributed by atoms with Crippen LogP contribution in [0.4, 0.5) is 0 Å². The Hall–Kier alpha value is -4.20. The van der Waals surface area contributed by atoms with Crippen LogP contribution in [0.3, 0.4) is 0 Å². The number of carbonyl (C=O) groups excluding carboxylic acids is 2. The minimum atomic E-state index is -0.627. The van der Waals surface area contributed by atoms with Crippen molar-refractivity contribution in [2.45, 2.75) is 13.5 Å². The molecular weight excluding hydrogens is 396 g/mol. The van der Waals surface area contributed by atoms with Crippen molar-refractivity contribution < 1.29 is 14.3 Å². The summed E-state index contributed by atoms with van der Waals surface area (Å²) in [6.07, 6.45) is 0. The lowest BCUT2D eigenvalue weighted by Gasteiger charge is -2.11. The summed E-state index contributed by atoms with van der Waals surface area (Å²) in [5.74, 6) is -0.616. The Labute approximate surface area is 177 Å². The van der Waals surface area contributed by atoms with Gasteiger partial charge in [0.15, 0.2) is 12.3 Å². The molecule has 1 aromatic heterocycles.